The highest BCUT2D eigenvalue weighted by Crippen LogP contribution is 2.10. The predicted octanol–water partition coefficient (Wildman–Crippen LogP) is -2.38. The van der Waals surface area contributed by atoms with E-state index < -0.39 is 98.0 Å². The van der Waals surface area contributed by atoms with Crippen molar-refractivity contribution in [3.05, 3.63) is 0 Å². The van der Waals surface area contributed by atoms with Crippen LogP contribution < -0.4 is 21.7 Å². The Balaban J connectivity index is 5.59. The molecule has 0 aromatic carbocycles. The molecule has 14 nitrogen and oxygen atoms in total. The first-order chi connectivity index (χ1) is 15.3. The molecular weight excluding hydrogens is 444 g/mol. The van der Waals surface area contributed by atoms with Crippen LogP contribution in [0.15, 0.2) is 0 Å². The SMILES string of the molecule is CCC(C)C(NC(=O)C(N)CO)C(=O)NC(CCC(=O)O)C(=O)NC(CCC(=O)O)C(=O)O. The minimum Gasteiger partial charge on any atom is -0.481 e. The van der Waals surface area contributed by atoms with Crippen LogP contribution in [0.1, 0.15) is 46.0 Å². The van der Waals surface area contributed by atoms with E-state index in [0.717, 1.165) is 0 Å². The molecule has 0 spiro atoms. The molecule has 0 aliphatic rings. The Morgan fingerprint density at radius 1 is 0.788 bits per heavy atom. The fourth-order valence-corrected chi connectivity index (χ4v) is 2.64. The van der Waals surface area contributed by atoms with Crippen LogP contribution in [0.3, 0.4) is 0 Å². The van der Waals surface area contributed by atoms with E-state index in [9.17, 15) is 33.9 Å². The van der Waals surface area contributed by atoms with Gasteiger partial charge in [-0.05, 0) is 18.8 Å². The molecule has 9 N–H and O–H groups in total. The first kappa shape index (κ1) is 29.7. The van der Waals surface area contributed by atoms with Gasteiger partial charge in [0, 0.05) is 12.8 Å². The molecule has 0 bridgehead atoms. The van der Waals surface area contributed by atoms with E-state index in [2.05, 4.69) is 16.0 Å². The topological polar surface area (TPSA) is 245 Å². The second-order valence-electron chi connectivity index (χ2n) is 7.49. The van der Waals surface area contributed by atoms with Crippen molar-refractivity contribution in [1.29, 1.82) is 0 Å². The highest BCUT2D eigenvalue weighted by atomic mass is 16.4. The summed E-state index contributed by atoms with van der Waals surface area (Å²) in [6.45, 7) is 2.70. The second kappa shape index (κ2) is 14.7. The molecule has 0 radical (unpaired) electrons. The molecule has 3 amide bonds. The van der Waals surface area contributed by atoms with Gasteiger partial charge in [0.25, 0.3) is 0 Å². The van der Waals surface area contributed by atoms with E-state index in [1.54, 1.807) is 13.8 Å². The van der Waals surface area contributed by atoms with Gasteiger partial charge in [-0.15, -0.1) is 0 Å². The number of aliphatic hydroxyl groups excluding tert-OH is 1. The molecule has 0 saturated heterocycles. The smallest absolute Gasteiger partial charge is 0.326 e. The number of aliphatic hydroxyl groups is 1. The Hall–Kier alpha value is -3.26. The Bertz CT molecular complexity index is 729. The van der Waals surface area contributed by atoms with Gasteiger partial charge in [0.05, 0.1) is 6.61 Å². The number of rotatable bonds is 16. The summed E-state index contributed by atoms with van der Waals surface area (Å²) in [6.07, 6.45) is -1.48. The molecule has 0 aliphatic heterocycles. The monoisotopic (exact) mass is 476 g/mol. The number of carboxylic acid groups (broad SMARTS) is 3. The summed E-state index contributed by atoms with van der Waals surface area (Å²) in [7, 11) is 0. The van der Waals surface area contributed by atoms with Crippen LogP contribution in [0.4, 0.5) is 0 Å². The van der Waals surface area contributed by atoms with Gasteiger partial charge in [0.1, 0.15) is 24.2 Å². The normalized spacial score (nSPS) is 15.3. The summed E-state index contributed by atoms with van der Waals surface area (Å²) in [5.74, 6) is -7.18. The summed E-state index contributed by atoms with van der Waals surface area (Å²) in [4.78, 5) is 70.5. The lowest BCUT2D eigenvalue weighted by molar-refractivity contribution is -0.144. The van der Waals surface area contributed by atoms with Gasteiger partial charge in [-0.2, -0.15) is 0 Å². The van der Waals surface area contributed by atoms with Gasteiger partial charge in [-0.3, -0.25) is 24.0 Å². The van der Waals surface area contributed by atoms with Gasteiger partial charge < -0.3 is 42.1 Å². The number of aliphatic carboxylic acids is 3. The third-order valence-electron chi connectivity index (χ3n) is 4.87. The fraction of sp³-hybridized carbons (Fsp3) is 0.684. The Morgan fingerprint density at radius 2 is 1.27 bits per heavy atom. The van der Waals surface area contributed by atoms with Crippen LogP contribution in [0, 0.1) is 5.92 Å². The van der Waals surface area contributed by atoms with Gasteiger partial charge in [0.2, 0.25) is 17.7 Å². The standard InChI is InChI=1S/C19H32N4O10/c1-3-9(2)15(23-16(29)10(20)8-24)18(31)21-11(4-6-13(25)26)17(30)22-12(19(32)33)5-7-14(27)28/h9-12,15,24H,3-8,20H2,1-2H3,(H,21,31)(H,22,30)(H,23,29)(H,25,26)(H,27,28)(H,32,33). The first-order valence-electron chi connectivity index (χ1n) is 10.3. The largest absolute Gasteiger partial charge is 0.481 e. The first-order valence-corrected chi connectivity index (χ1v) is 10.3. The lowest BCUT2D eigenvalue weighted by Crippen LogP contribution is -2.59. The molecule has 0 aromatic heterocycles. The van der Waals surface area contributed by atoms with Gasteiger partial charge >= 0.3 is 17.9 Å². The van der Waals surface area contributed by atoms with Gasteiger partial charge in [-0.1, -0.05) is 20.3 Å². The average molecular weight is 476 g/mol. The third kappa shape index (κ3) is 11.2. The van der Waals surface area contributed by atoms with E-state index in [1.807, 2.05) is 0 Å². The molecule has 0 rings (SSSR count). The molecule has 0 heterocycles. The molecule has 0 aromatic rings. The maximum Gasteiger partial charge on any atom is 0.326 e. The zero-order valence-corrected chi connectivity index (χ0v) is 18.4. The van der Waals surface area contributed by atoms with Crippen LogP contribution in [0.25, 0.3) is 0 Å². The van der Waals surface area contributed by atoms with Gasteiger partial charge in [0.15, 0.2) is 0 Å². The minimum atomic E-state index is -1.58. The molecule has 0 saturated carbocycles. The summed E-state index contributed by atoms with van der Waals surface area (Å²) >= 11 is 0. The van der Waals surface area contributed by atoms with Crippen LogP contribution in [0.2, 0.25) is 0 Å². The maximum atomic E-state index is 12.8. The number of carbonyl (C=O) groups excluding carboxylic acids is 3. The molecule has 5 atom stereocenters. The molecule has 5 unspecified atom stereocenters. The average Bonchev–Trinajstić information content (AvgIpc) is 2.75. The van der Waals surface area contributed by atoms with Crippen molar-refractivity contribution in [2.24, 2.45) is 11.7 Å². The number of carboxylic acids is 3. The fourth-order valence-electron chi connectivity index (χ4n) is 2.64. The van der Waals surface area contributed by atoms with E-state index in [0.29, 0.717) is 6.42 Å². The van der Waals surface area contributed by atoms with Crippen LogP contribution in [-0.2, 0) is 28.8 Å². The molecular formula is C19H32N4O10. The van der Waals surface area contributed by atoms with Crippen molar-refractivity contribution in [2.75, 3.05) is 6.61 Å². The minimum absolute atomic E-state index is 0.393. The highest BCUT2D eigenvalue weighted by molar-refractivity contribution is 5.94. The highest BCUT2D eigenvalue weighted by Gasteiger charge is 2.32. The van der Waals surface area contributed by atoms with Crippen molar-refractivity contribution >= 4 is 35.6 Å². The number of hydrogen-bond donors (Lipinski definition) is 8. The van der Waals surface area contributed by atoms with Crippen molar-refractivity contribution < 1.29 is 49.2 Å². The van der Waals surface area contributed by atoms with Crippen LogP contribution >= 0.6 is 0 Å². The Morgan fingerprint density at radius 3 is 1.70 bits per heavy atom. The number of carbonyl (C=O) groups is 6. The van der Waals surface area contributed by atoms with E-state index >= 15 is 0 Å². The zero-order chi connectivity index (χ0) is 25.7. The van der Waals surface area contributed by atoms with Crippen LogP contribution in [-0.4, -0.2) is 86.8 Å². The number of hydrogen-bond acceptors (Lipinski definition) is 8. The second-order valence-corrected chi connectivity index (χ2v) is 7.49. The van der Waals surface area contributed by atoms with Crippen LogP contribution in [0.5, 0.6) is 0 Å². The van der Waals surface area contributed by atoms with E-state index in [4.69, 9.17) is 21.1 Å². The maximum absolute atomic E-state index is 12.8. The van der Waals surface area contributed by atoms with Crippen molar-refractivity contribution in [3.8, 4) is 0 Å². The number of nitrogens with two attached hydrogens (primary N) is 1. The summed E-state index contributed by atoms with van der Waals surface area (Å²) in [5, 5.41) is 42.7. The van der Waals surface area contributed by atoms with E-state index in [-0.39, 0.29) is 0 Å². The van der Waals surface area contributed by atoms with Crippen molar-refractivity contribution in [3.63, 3.8) is 0 Å². The predicted molar refractivity (Wildman–Crippen MR) is 112 cm³/mol. The van der Waals surface area contributed by atoms with E-state index in [1.165, 1.54) is 0 Å². The Labute approximate surface area is 189 Å². The lowest BCUT2D eigenvalue weighted by Gasteiger charge is -2.27. The summed E-state index contributed by atoms with van der Waals surface area (Å²) < 4.78 is 0. The van der Waals surface area contributed by atoms with Crippen molar-refractivity contribution in [2.45, 2.75) is 70.1 Å². The molecule has 188 valence electrons. The molecule has 14 heteroatoms. The summed E-state index contributed by atoms with van der Waals surface area (Å²) in [5.41, 5.74) is 5.45. The lowest BCUT2D eigenvalue weighted by atomic mass is 9.97. The molecule has 0 fully saturated rings. The summed E-state index contributed by atoms with van der Waals surface area (Å²) in [6, 6.07) is -5.52. The molecule has 33 heavy (non-hydrogen) atoms. The Kier molecular flexibility index (Phi) is 13.3. The number of nitrogens with one attached hydrogen (secondary N) is 3. The molecule has 0 aliphatic carbocycles. The third-order valence-corrected chi connectivity index (χ3v) is 4.87. The number of amides is 3. The van der Waals surface area contributed by atoms with Crippen molar-refractivity contribution in [1.82, 2.24) is 16.0 Å². The van der Waals surface area contributed by atoms with Gasteiger partial charge in [-0.25, -0.2) is 4.79 Å². The quantitative estimate of drug-likeness (QED) is 0.117. The zero-order valence-electron chi connectivity index (χ0n) is 18.4.